The molecule has 0 bridgehead atoms. The molecule has 0 saturated heterocycles. The second-order valence-electron chi connectivity index (χ2n) is 5.73. The van der Waals surface area contributed by atoms with Crippen molar-refractivity contribution >= 4 is 38.3 Å². The molecule has 3 aromatic rings. The van der Waals surface area contributed by atoms with E-state index < -0.39 is 6.10 Å². The van der Waals surface area contributed by atoms with E-state index in [1.807, 2.05) is 50.2 Å². The summed E-state index contributed by atoms with van der Waals surface area (Å²) < 4.78 is 8.46. The highest BCUT2D eigenvalue weighted by Gasteiger charge is 2.14. The van der Waals surface area contributed by atoms with E-state index in [0.717, 1.165) is 26.6 Å². The first-order valence-electron chi connectivity index (χ1n) is 7.65. The maximum absolute atomic E-state index is 10.2. The van der Waals surface area contributed by atoms with Crippen LogP contribution in [0.4, 0.5) is 0 Å². The molecular formula is C18H18BrClN2O2. The van der Waals surface area contributed by atoms with Crippen molar-refractivity contribution in [2.24, 2.45) is 0 Å². The molecule has 1 heterocycles. The van der Waals surface area contributed by atoms with Crippen molar-refractivity contribution in [1.82, 2.24) is 9.78 Å². The standard InChI is InChI=1S/C18H18BrClN2O2/c1-11-17(19)12(2)22(21-11)9-14(23)10-24-16-8-7-13-5-3-4-6-15(13)18(16)20/h3-8,14,23H,9-10H2,1-2H3/t14-/m0/s1. The third-order valence-corrected chi connectivity index (χ3v) is 5.47. The van der Waals surface area contributed by atoms with Gasteiger partial charge in [-0.25, -0.2) is 0 Å². The van der Waals surface area contributed by atoms with E-state index in [4.69, 9.17) is 16.3 Å². The summed E-state index contributed by atoms with van der Waals surface area (Å²) in [4.78, 5) is 0. The van der Waals surface area contributed by atoms with E-state index in [2.05, 4.69) is 21.0 Å². The van der Waals surface area contributed by atoms with E-state index in [9.17, 15) is 5.11 Å². The lowest BCUT2D eigenvalue weighted by molar-refractivity contribution is 0.0888. The Kier molecular flexibility index (Phi) is 5.13. The molecule has 2 aromatic carbocycles. The number of aliphatic hydroxyl groups excluding tert-OH is 1. The largest absolute Gasteiger partial charge is 0.489 e. The third-order valence-electron chi connectivity index (χ3n) is 3.94. The zero-order chi connectivity index (χ0) is 17.3. The lowest BCUT2D eigenvalue weighted by atomic mass is 10.1. The highest BCUT2D eigenvalue weighted by Crippen LogP contribution is 2.32. The predicted octanol–water partition coefficient (Wildman–Crippen LogP) is 4.51. The van der Waals surface area contributed by atoms with Crippen molar-refractivity contribution in [3.63, 3.8) is 0 Å². The summed E-state index contributed by atoms with van der Waals surface area (Å²) in [7, 11) is 0. The molecule has 126 valence electrons. The fourth-order valence-corrected chi connectivity index (χ4v) is 3.19. The minimum Gasteiger partial charge on any atom is -0.489 e. The van der Waals surface area contributed by atoms with Gasteiger partial charge in [0.1, 0.15) is 18.5 Å². The van der Waals surface area contributed by atoms with Crippen LogP contribution in [0.3, 0.4) is 0 Å². The number of fused-ring (bicyclic) bond motifs is 1. The van der Waals surface area contributed by atoms with Gasteiger partial charge < -0.3 is 9.84 Å². The molecule has 1 N–H and O–H groups in total. The lowest BCUT2D eigenvalue weighted by Crippen LogP contribution is -2.24. The molecule has 0 radical (unpaired) electrons. The summed E-state index contributed by atoms with van der Waals surface area (Å²) >= 11 is 9.89. The van der Waals surface area contributed by atoms with Crippen molar-refractivity contribution in [2.75, 3.05) is 6.61 Å². The van der Waals surface area contributed by atoms with Gasteiger partial charge in [-0.05, 0) is 41.2 Å². The summed E-state index contributed by atoms with van der Waals surface area (Å²) in [5.41, 5.74) is 1.88. The monoisotopic (exact) mass is 408 g/mol. The number of rotatable bonds is 5. The van der Waals surface area contributed by atoms with Gasteiger partial charge in [0.2, 0.25) is 0 Å². The number of ether oxygens (including phenoxy) is 1. The number of nitrogens with zero attached hydrogens (tertiary/aromatic N) is 2. The summed E-state index contributed by atoms with van der Waals surface area (Å²) in [6.45, 7) is 4.39. The molecule has 6 heteroatoms. The number of halogens is 2. The quantitative estimate of drug-likeness (QED) is 0.674. The van der Waals surface area contributed by atoms with Crippen molar-refractivity contribution in [1.29, 1.82) is 0 Å². The smallest absolute Gasteiger partial charge is 0.138 e. The number of aryl methyl sites for hydroxylation is 1. The van der Waals surface area contributed by atoms with E-state index in [1.54, 1.807) is 4.68 Å². The Morgan fingerprint density at radius 3 is 2.71 bits per heavy atom. The van der Waals surface area contributed by atoms with Gasteiger partial charge in [-0.15, -0.1) is 0 Å². The molecular weight excluding hydrogens is 392 g/mol. The van der Waals surface area contributed by atoms with E-state index in [-0.39, 0.29) is 6.61 Å². The summed E-state index contributed by atoms with van der Waals surface area (Å²) in [6, 6.07) is 11.6. The normalized spacial score (nSPS) is 12.5. The van der Waals surface area contributed by atoms with E-state index in [0.29, 0.717) is 17.3 Å². The van der Waals surface area contributed by atoms with Crippen LogP contribution in [-0.2, 0) is 6.54 Å². The molecule has 0 spiro atoms. The molecule has 4 nitrogen and oxygen atoms in total. The minimum atomic E-state index is -0.683. The lowest BCUT2D eigenvalue weighted by Gasteiger charge is -2.15. The molecule has 0 aliphatic heterocycles. The Hall–Kier alpha value is -1.56. The fraction of sp³-hybridized carbons (Fsp3) is 0.278. The molecule has 0 amide bonds. The molecule has 24 heavy (non-hydrogen) atoms. The third kappa shape index (κ3) is 3.43. The highest BCUT2D eigenvalue weighted by atomic mass is 79.9. The molecule has 3 rings (SSSR count). The molecule has 1 atom stereocenters. The zero-order valence-electron chi connectivity index (χ0n) is 13.5. The van der Waals surface area contributed by atoms with Crippen LogP contribution in [0.1, 0.15) is 11.4 Å². The van der Waals surface area contributed by atoms with Crippen molar-refractivity contribution in [2.45, 2.75) is 26.5 Å². The number of aromatic nitrogens is 2. The van der Waals surface area contributed by atoms with Gasteiger partial charge in [-0.1, -0.05) is 41.9 Å². The summed E-state index contributed by atoms with van der Waals surface area (Å²) in [5, 5.41) is 17.2. The van der Waals surface area contributed by atoms with Gasteiger partial charge in [-0.3, -0.25) is 4.68 Å². The van der Waals surface area contributed by atoms with Gasteiger partial charge >= 0.3 is 0 Å². The molecule has 0 saturated carbocycles. The van der Waals surface area contributed by atoms with Crippen LogP contribution < -0.4 is 4.74 Å². The van der Waals surface area contributed by atoms with Crippen molar-refractivity contribution in [3.8, 4) is 5.75 Å². The minimum absolute atomic E-state index is 0.147. The predicted molar refractivity (Wildman–Crippen MR) is 99.9 cm³/mol. The van der Waals surface area contributed by atoms with Crippen LogP contribution in [0.15, 0.2) is 40.9 Å². The Balaban J connectivity index is 1.69. The SMILES string of the molecule is Cc1nn(C[C@H](O)COc2ccc3ccccc3c2Cl)c(C)c1Br. The Bertz CT molecular complexity index is 879. The first-order chi connectivity index (χ1) is 11.5. The van der Waals surface area contributed by atoms with Crippen molar-refractivity contribution in [3.05, 3.63) is 57.3 Å². The Labute approximate surface area is 154 Å². The van der Waals surface area contributed by atoms with Crippen LogP contribution in [-0.4, -0.2) is 27.6 Å². The fourth-order valence-electron chi connectivity index (χ4n) is 2.62. The number of benzene rings is 2. The molecule has 0 fully saturated rings. The molecule has 1 aromatic heterocycles. The van der Waals surface area contributed by atoms with Crippen molar-refractivity contribution < 1.29 is 9.84 Å². The van der Waals surface area contributed by atoms with Crippen LogP contribution >= 0.6 is 27.5 Å². The first kappa shape index (κ1) is 17.3. The first-order valence-corrected chi connectivity index (χ1v) is 8.82. The van der Waals surface area contributed by atoms with Crippen LogP contribution in [0.2, 0.25) is 5.02 Å². The van der Waals surface area contributed by atoms with Crippen LogP contribution in [0, 0.1) is 13.8 Å². The van der Waals surface area contributed by atoms with Crippen LogP contribution in [0.25, 0.3) is 10.8 Å². The number of hydrogen-bond acceptors (Lipinski definition) is 3. The summed E-state index contributed by atoms with van der Waals surface area (Å²) in [6.07, 6.45) is -0.683. The van der Waals surface area contributed by atoms with E-state index in [1.165, 1.54) is 0 Å². The van der Waals surface area contributed by atoms with Gasteiger partial charge in [0.05, 0.1) is 21.7 Å². The van der Waals surface area contributed by atoms with Gasteiger partial charge in [0.25, 0.3) is 0 Å². The summed E-state index contributed by atoms with van der Waals surface area (Å²) in [5.74, 6) is 0.573. The Morgan fingerprint density at radius 1 is 1.25 bits per heavy atom. The Morgan fingerprint density at radius 2 is 2.00 bits per heavy atom. The van der Waals surface area contributed by atoms with Gasteiger partial charge in [0, 0.05) is 11.1 Å². The number of aliphatic hydroxyl groups is 1. The zero-order valence-corrected chi connectivity index (χ0v) is 15.8. The average molecular weight is 410 g/mol. The highest BCUT2D eigenvalue weighted by molar-refractivity contribution is 9.10. The maximum Gasteiger partial charge on any atom is 0.138 e. The second kappa shape index (κ2) is 7.13. The maximum atomic E-state index is 10.2. The van der Waals surface area contributed by atoms with E-state index >= 15 is 0 Å². The molecule has 0 unspecified atom stereocenters. The molecule has 0 aliphatic rings. The molecule has 0 aliphatic carbocycles. The van der Waals surface area contributed by atoms with Gasteiger partial charge in [0.15, 0.2) is 0 Å². The second-order valence-corrected chi connectivity index (χ2v) is 6.90. The van der Waals surface area contributed by atoms with Crippen LogP contribution in [0.5, 0.6) is 5.75 Å². The topological polar surface area (TPSA) is 47.3 Å². The van der Waals surface area contributed by atoms with Gasteiger partial charge in [-0.2, -0.15) is 5.10 Å². The number of hydrogen-bond donors (Lipinski definition) is 1. The average Bonchev–Trinajstić information content (AvgIpc) is 2.81.